The molecule has 0 radical (unpaired) electrons. The molecule has 2 heteroatoms. The van der Waals surface area contributed by atoms with Crippen molar-refractivity contribution in [3.05, 3.63) is 12.7 Å². The van der Waals surface area contributed by atoms with Crippen molar-refractivity contribution in [1.82, 2.24) is 0 Å². The zero-order valence-corrected chi connectivity index (χ0v) is 12.4. The lowest BCUT2D eigenvalue weighted by Gasteiger charge is -2.40. The van der Waals surface area contributed by atoms with Crippen molar-refractivity contribution >= 4 is 5.97 Å². The lowest BCUT2D eigenvalue weighted by molar-refractivity contribution is -0.137. The van der Waals surface area contributed by atoms with Crippen LogP contribution in [0.3, 0.4) is 0 Å². The number of ether oxygens (including phenoxy) is 1. The molecule has 102 valence electrons. The van der Waals surface area contributed by atoms with Gasteiger partial charge in [0.05, 0.1) is 0 Å². The molecular weight excluding hydrogens is 224 g/mol. The first-order valence-corrected chi connectivity index (χ1v) is 6.52. The summed E-state index contributed by atoms with van der Waals surface area (Å²) >= 11 is 0. The van der Waals surface area contributed by atoms with Gasteiger partial charge < -0.3 is 4.74 Å². The molecule has 0 aromatic heterocycles. The predicted octanol–water partition coefficient (Wildman–Crippen LogP) is 3.96. The van der Waals surface area contributed by atoms with E-state index in [4.69, 9.17) is 4.74 Å². The van der Waals surface area contributed by atoms with E-state index in [1.165, 1.54) is 6.08 Å². The molecule has 0 bridgehead atoms. The van der Waals surface area contributed by atoms with E-state index in [1.54, 1.807) is 0 Å². The second-order valence-corrected chi connectivity index (χ2v) is 5.77. The largest absolute Gasteiger partial charge is 0.462 e. The van der Waals surface area contributed by atoms with Gasteiger partial charge >= 0.3 is 5.97 Å². The summed E-state index contributed by atoms with van der Waals surface area (Å²) in [5.41, 5.74) is 0.462. The summed E-state index contributed by atoms with van der Waals surface area (Å²) in [7, 11) is 0. The van der Waals surface area contributed by atoms with E-state index >= 15 is 0 Å². The molecular formula is C16H26O2. The van der Waals surface area contributed by atoms with Gasteiger partial charge in [0.1, 0.15) is 6.61 Å². The zero-order valence-electron chi connectivity index (χ0n) is 12.4. The average molecular weight is 250 g/mol. The van der Waals surface area contributed by atoms with Gasteiger partial charge in [-0.2, -0.15) is 0 Å². The fraction of sp³-hybridized carbons (Fsp3) is 0.688. The van der Waals surface area contributed by atoms with Crippen molar-refractivity contribution in [3.63, 3.8) is 0 Å². The fourth-order valence-electron chi connectivity index (χ4n) is 1.35. The second kappa shape index (κ2) is 7.26. The Morgan fingerprint density at radius 3 is 2.33 bits per heavy atom. The van der Waals surface area contributed by atoms with Gasteiger partial charge in [0.2, 0.25) is 0 Å². The van der Waals surface area contributed by atoms with Gasteiger partial charge in [-0.05, 0) is 10.8 Å². The second-order valence-electron chi connectivity index (χ2n) is 5.77. The van der Waals surface area contributed by atoms with Crippen molar-refractivity contribution < 1.29 is 9.53 Å². The molecule has 0 atom stereocenters. The fourth-order valence-corrected chi connectivity index (χ4v) is 1.35. The third kappa shape index (κ3) is 5.40. The summed E-state index contributed by atoms with van der Waals surface area (Å²) < 4.78 is 4.85. The summed E-state index contributed by atoms with van der Waals surface area (Å²) in [5.74, 6) is 5.86. The Kier molecular flexibility index (Phi) is 6.76. The first-order valence-electron chi connectivity index (χ1n) is 6.52. The Labute approximate surface area is 112 Å². The number of carbonyl (C=O) groups excluding carboxylic acids is 1. The van der Waals surface area contributed by atoms with Crippen molar-refractivity contribution in [1.29, 1.82) is 0 Å². The van der Waals surface area contributed by atoms with Crippen LogP contribution in [0, 0.1) is 22.7 Å². The summed E-state index contributed by atoms with van der Waals surface area (Å²) in [4.78, 5) is 10.8. The first-order chi connectivity index (χ1) is 8.27. The molecule has 2 nitrogen and oxygen atoms in total. The number of hydrogen-bond acceptors (Lipinski definition) is 2. The van der Waals surface area contributed by atoms with Crippen LogP contribution in [0.4, 0.5) is 0 Å². The molecule has 0 fully saturated rings. The molecule has 0 saturated carbocycles. The molecule has 0 amide bonds. The Morgan fingerprint density at radius 2 is 1.83 bits per heavy atom. The van der Waals surface area contributed by atoms with Crippen molar-refractivity contribution in [2.75, 3.05) is 6.61 Å². The van der Waals surface area contributed by atoms with E-state index < -0.39 is 0 Å². The molecule has 0 spiro atoms. The maximum atomic E-state index is 10.8. The number of rotatable bonds is 6. The Bertz CT molecular complexity index is 340. The molecule has 18 heavy (non-hydrogen) atoms. The molecule has 0 N–H and O–H groups in total. The average Bonchev–Trinajstić information content (AvgIpc) is 2.32. The van der Waals surface area contributed by atoms with Crippen LogP contribution in [0.1, 0.15) is 53.9 Å². The van der Waals surface area contributed by atoms with E-state index in [0.29, 0.717) is 13.0 Å². The highest BCUT2D eigenvalue weighted by Gasteiger charge is 2.34. The van der Waals surface area contributed by atoms with Crippen molar-refractivity contribution in [3.8, 4) is 11.8 Å². The predicted molar refractivity (Wildman–Crippen MR) is 76.0 cm³/mol. The third-order valence-electron chi connectivity index (χ3n) is 4.01. The van der Waals surface area contributed by atoms with Crippen molar-refractivity contribution in [2.45, 2.75) is 53.9 Å². The van der Waals surface area contributed by atoms with Crippen LogP contribution in [0.5, 0.6) is 0 Å². The molecule has 0 saturated heterocycles. The summed E-state index contributed by atoms with van der Waals surface area (Å²) in [6.07, 6.45) is 3.75. The first kappa shape index (κ1) is 16.8. The van der Waals surface area contributed by atoms with Gasteiger partial charge in [0.15, 0.2) is 0 Å². The van der Waals surface area contributed by atoms with Gasteiger partial charge in [-0.15, -0.1) is 5.92 Å². The summed E-state index contributed by atoms with van der Waals surface area (Å²) in [5, 5.41) is 0. The molecule has 0 heterocycles. The maximum Gasteiger partial charge on any atom is 0.330 e. The maximum absolute atomic E-state index is 10.8. The molecule has 0 rings (SSSR count). The normalized spacial score (nSPS) is 11.4. The molecule has 0 aromatic carbocycles. The number of hydrogen-bond donors (Lipinski definition) is 0. The van der Waals surface area contributed by atoms with Crippen LogP contribution in [-0.4, -0.2) is 12.6 Å². The molecule has 0 aliphatic carbocycles. The van der Waals surface area contributed by atoms with Gasteiger partial charge in [-0.25, -0.2) is 4.79 Å². The summed E-state index contributed by atoms with van der Waals surface area (Å²) in [6, 6.07) is 0. The topological polar surface area (TPSA) is 26.3 Å². The SMILES string of the molecule is C=CC(=O)OCCC#CCC(C)(C)C(C)(C)CC. The highest BCUT2D eigenvalue weighted by molar-refractivity contribution is 5.81. The van der Waals surface area contributed by atoms with Crippen LogP contribution >= 0.6 is 0 Å². The molecule has 0 unspecified atom stereocenters. The quantitative estimate of drug-likeness (QED) is 0.309. The Morgan fingerprint density at radius 1 is 1.22 bits per heavy atom. The van der Waals surface area contributed by atoms with E-state index in [1.807, 2.05) is 0 Å². The minimum absolute atomic E-state index is 0.187. The zero-order chi connectivity index (χ0) is 14.2. The van der Waals surface area contributed by atoms with E-state index in [0.717, 1.165) is 12.8 Å². The third-order valence-corrected chi connectivity index (χ3v) is 4.01. The lowest BCUT2D eigenvalue weighted by Crippen LogP contribution is -2.31. The van der Waals surface area contributed by atoms with Crippen LogP contribution in [0.15, 0.2) is 12.7 Å². The van der Waals surface area contributed by atoms with Crippen LogP contribution in [0.2, 0.25) is 0 Å². The van der Waals surface area contributed by atoms with Gasteiger partial charge in [0.25, 0.3) is 0 Å². The van der Waals surface area contributed by atoms with E-state index in [2.05, 4.69) is 53.0 Å². The molecule has 0 aliphatic rings. The highest BCUT2D eigenvalue weighted by atomic mass is 16.5. The molecule has 0 aliphatic heterocycles. The van der Waals surface area contributed by atoms with Crippen molar-refractivity contribution in [2.24, 2.45) is 10.8 Å². The van der Waals surface area contributed by atoms with Crippen LogP contribution in [0.25, 0.3) is 0 Å². The number of carbonyl (C=O) groups is 1. The summed E-state index contributed by atoms with van der Waals surface area (Å²) in [6.45, 7) is 15.0. The van der Waals surface area contributed by atoms with Gasteiger partial charge in [-0.3, -0.25) is 0 Å². The lowest BCUT2D eigenvalue weighted by atomic mass is 9.65. The van der Waals surface area contributed by atoms with Gasteiger partial charge in [-0.1, -0.05) is 53.5 Å². The standard InChI is InChI=1S/C16H26O2/c1-7-14(17)18-13-11-9-10-12-16(5,6)15(3,4)8-2/h7H,1,8,11-13H2,2-6H3. The van der Waals surface area contributed by atoms with Crippen LogP contribution < -0.4 is 0 Å². The van der Waals surface area contributed by atoms with E-state index in [-0.39, 0.29) is 16.8 Å². The monoisotopic (exact) mass is 250 g/mol. The molecule has 0 aromatic rings. The van der Waals surface area contributed by atoms with E-state index in [9.17, 15) is 4.79 Å². The number of esters is 1. The highest BCUT2D eigenvalue weighted by Crippen LogP contribution is 2.43. The minimum atomic E-state index is -0.385. The smallest absolute Gasteiger partial charge is 0.330 e. The minimum Gasteiger partial charge on any atom is -0.462 e. The Balaban J connectivity index is 4.10. The Hall–Kier alpha value is -1.23. The van der Waals surface area contributed by atoms with Crippen LogP contribution in [-0.2, 0) is 9.53 Å². The van der Waals surface area contributed by atoms with Gasteiger partial charge in [0, 0.05) is 18.9 Å².